The predicted molar refractivity (Wildman–Crippen MR) is 124 cm³/mol. The van der Waals surface area contributed by atoms with E-state index < -0.39 is 11.7 Å². The Morgan fingerprint density at radius 1 is 1.16 bits per heavy atom. The molecule has 0 aliphatic carbocycles. The van der Waals surface area contributed by atoms with Gasteiger partial charge in [0, 0.05) is 28.6 Å². The molecular formula is C24H30N4O3. The Labute approximate surface area is 182 Å². The van der Waals surface area contributed by atoms with Crippen LogP contribution >= 0.6 is 0 Å². The summed E-state index contributed by atoms with van der Waals surface area (Å²) in [5, 5.41) is 17.9. The fourth-order valence-corrected chi connectivity index (χ4v) is 3.70. The minimum absolute atomic E-state index is 0.123. The summed E-state index contributed by atoms with van der Waals surface area (Å²) in [6.45, 7) is 11.9. The van der Waals surface area contributed by atoms with Gasteiger partial charge in [0.25, 0.3) is 0 Å². The molecule has 7 heteroatoms. The maximum absolute atomic E-state index is 13.1. The normalized spacial score (nSPS) is 11.5. The number of aromatic amines is 1. The third-order valence-corrected chi connectivity index (χ3v) is 4.88. The number of hydroxylamine groups is 1. The molecule has 3 aromatic rings. The molecule has 1 aromatic heterocycles. The van der Waals surface area contributed by atoms with Crippen LogP contribution in [0.15, 0.2) is 36.4 Å². The van der Waals surface area contributed by atoms with E-state index in [1.165, 1.54) is 0 Å². The number of carbonyl (C=O) groups is 1. The highest BCUT2D eigenvalue weighted by atomic mass is 16.6. The fraction of sp³-hybridized carbons (Fsp3) is 0.333. The molecule has 0 spiro atoms. The number of ether oxygens (including phenoxy) is 1. The number of amides is 1. The van der Waals surface area contributed by atoms with Crippen LogP contribution < -0.4 is 10.4 Å². The molecule has 1 amide bonds. The summed E-state index contributed by atoms with van der Waals surface area (Å²) < 4.78 is 5.68. The maximum Gasteiger partial charge on any atom is 0.414 e. The molecule has 4 N–H and O–H groups in total. The number of hydrogen-bond donors (Lipinski definition) is 4. The zero-order chi connectivity index (χ0) is 22.9. The number of rotatable bonds is 4. The summed E-state index contributed by atoms with van der Waals surface area (Å²) in [6.07, 6.45) is -0.442. The van der Waals surface area contributed by atoms with Gasteiger partial charge in [-0.25, -0.2) is 4.79 Å². The average molecular weight is 423 g/mol. The van der Waals surface area contributed by atoms with Crippen molar-refractivity contribution in [3.8, 4) is 11.3 Å². The molecule has 3 rings (SSSR count). The van der Waals surface area contributed by atoms with E-state index in [1.54, 1.807) is 17.0 Å². The molecule has 1 heterocycles. The van der Waals surface area contributed by atoms with Gasteiger partial charge in [-0.3, -0.25) is 21.0 Å². The Bertz CT molecular complexity index is 1120. The van der Waals surface area contributed by atoms with E-state index in [1.807, 2.05) is 53.1 Å². The van der Waals surface area contributed by atoms with Crippen LogP contribution in [-0.2, 0) is 4.74 Å². The van der Waals surface area contributed by atoms with Crippen molar-refractivity contribution < 1.29 is 14.7 Å². The van der Waals surface area contributed by atoms with Crippen LogP contribution in [0.4, 0.5) is 10.5 Å². The minimum atomic E-state index is -0.634. The standard InChI is InChI=1S/C24H30N4O3/c1-7-28(23(29)31-24(4,5)6)21-18-13-16(22(25)27-30)8-9-19(18)26-20(21)17-11-14(2)10-15(3)12-17/h8-13,26,30H,7H2,1-6H3,(H2,25,27). The van der Waals surface area contributed by atoms with Crippen LogP contribution in [0.1, 0.15) is 44.4 Å². The van der Waals surface area contributed by atoms with Gasteiger partial charge in [-0.2, -0.15) is 0 Å². The molecule has 0 aliphatic heterocycles. The maximum atomic E-state index is 13.1. The van der Waals surface area contributed by atoms with Gasteiger partial charge < -0.3 is 9.72 Å². The average Bonchev–Trinajstić information content (AvgIpc) is 3.04. The Hall–Kier alpha value is -3.32. The number of aromatic nitrogens is 1. The minimum Gasteiger partial charge on any atom is -0.443 e. The number of anilines is 1. The van der Waals surface area contributed by atoms with Crippen LogP contribution in [0.25, 0.3) is 22.2 Å². The Morgan fingerprint density at radius 2 is 1.81 bits per heavy atom. The van der Waals surface area contributed by atoms with Gasteiger partial charge in [0.15, 0.2) is 0 Å². The van der Waals surface area contributed by atoms with Gasteiger partial charge in [-0.1, -0.05) is 17.2 Å². The van der Waals surface area contributed by atoms with Crippen molar-refractivity contribution in [2.24, 2.45) is 0 Å². The highest BCUT2D eigenvalue weighted by molar-refractivity contribution is 6.10. The zero-order valence-corrected chi connectivity index (χ0v) is 18.9. The first-order chi connectivity index (χ1) is 14.5. The number of H-pyrrole nitrogens is 1. The molecule has 7 nitrogen and oxygen atoms in total. The summed E-state index contributed by atoms with van der Waals surface area (Å²) in [5.74, 6) is -0.123. The Morgan fingerprint density at radius 3 is 2.35 bits per heavy atom. The molecule has 0 saturated carbocycles. The van der Waals surface area contributed by atoms with Gasteiger partial charge in [0.05, 0.1) is 11.4 Å². The topological polar surface area (TPSA) is 101 Å². The van der Waals surface area contributed by atoms with Crippen LogP contribution in [0.2, 0.25) is 0 Å². The number of carbonyl (C=O) groups excluding carboxylic acids is 1. The van der Waals surface area contributed by atoms with E-state index >= 15 is 0 Å². The molecule has 0 radical (unpaired) electrons. The van der Waals surface area contributed by atoms with Gasteiger partial charge in [0.2, 0.25) is 0 Å². The highest BCUT2D eigenvalue weighted by Crippen LogP contribution is 2.39. The van der Waals surface area contributed by atoms with Gasteiger partial charge >= 0.3 is 6.09 Å². The number of nitrogens with zero attached hydrogens (tertiary/aromatic N) is 1. The van der Waals surface area contributed by atoms with Crippen LogP contribution in [0, 0.1) is 19.3 Å². The number of hydrogen-bond acceptors (Lipinski definition) is 4. The van der Waals surface area contributed by atoms with Crippen LogP contribution in [0.3, 0.4) is 0 Å². The molecule has 2 aromatic carbocycles. The van der Waals surface area contributed by atoms with Crippen molar-refractivity contribution in [1.29, 1.82) is 5.41 Å². The second kappa shape index (κ2) is 8.43. The lowest BCUT2D eigenvalue weighted by Gasteiger charge is -2.27. The van der Waals surface area contributed by atoms with Crippen molar-refractivity contribution in [3.63, 3.8) is 0 Å². The SMILES string of the molecule is CCN(C(=O)OC(C)(C)C)c1c(-c2cc(C)cc(C)c2)[nH]c2ccc(C(=N)NO)cc12. The molecule has 0 fully saturated rings. The lowest BCUT2D eigenvalue weighted by atomic mass is 10.0. The van der Waals surface area contributed by atoms with Crippen molar-refractivity contribution in [2.45, 2.75) is 47.1 Å². The van der Waals surface area contributed by atoms with E-state index in [4.69, 9.17) is 10.1 Å². The predicted octanol–water partition coefficient (Wildman–Crippen LogP) is 5.52. The lowest BCUT2D eigenvalue weighted by Crippen LogP contribution is -2.37. The summed E-state index contributed by atoms with van der Waals surface area (Å²) in [6, 6.07) is 11.6. The van der Waals surface area contributed by atoms with Gasteiger partial charge in [-0.05, 0) is 71.9 Å². The monoisotopic (exact) mass is 422 g/mol. The van der Waals surface area contributed by atoms with E-state index in [0.717, 1.165) is 33.3 Å². The third kappa shape index (κ3) is 4.72. The molecule has 0 aliphatic rings. The summed E-state index contributed by atoms with van der Waals surface area (Å²) in [4.78, 5) is 18.2. The summed E-state index contributed by atoms with van der Waals surface area (Å²) in [7, 11) is 0. The zero-order valence-electron chi connectivity index (χ0n) is 18.9. The first-order valence-corrected chi connectivity index (χ1v) is 10.3. The number of fused-ring (bicyclic) bond motifs is 1. The van der Waals surface area contributed by atoms with Crippen molar-refractivity contribution in [3.05, 3.63) is 53.1 Å². The summed E-state index contributed by atoms with van der Waals surface area (Å²) >= 11 is 0. The highest BCUT2D eigenvalue weighted by Gasteiger charge is 2.27. The van der Waals surface area contributed by atoms with Crippen molar-refractivity contribution in [2.75, 3.05) is 11.4 Å². The largest absolute Gasteiger partial charge is 0.443 e. The first-order valence-electron chi connectivity index (χ1n) is 10.3. The second-order valence-corrected chi connectivity index (χ2v) is 8.70. The molecular weight excluding hydrogens is 392 g/mol. The lowest BCUT2D eigenvalue weighted by molar-refractivity contribution is 0.0583. The van der Waals surface area contributed by atoms with Gasteiger partial charge in [0.1, 0.15) is 11.4 Å². The van der Waals surface area contributed by atoms with Crippen molar-refractivity contribution >= 4 is 28.5 Å². The Kier molecular flexibility index (Phi) is 6.08. The smallest absolute Gasteiger partial charge is 0.414 e. The van der Waals surface area contributed by atoms with Crippen molar-refractivity contribution in [1.82, 2.24) is 10.5 Å². The number of nitrogens with one attached hydrogen (secondary N) is 3. The molecule has 0 atom stereocenters. The molecule has 31 heavy (non-hydrogen) atoms. The summed E-state index contributed by atoms with van der Waals surface area (Å²) in [5.41, 5.74) is 7.25. The molecule has 0 unspecified atom stereocenters. The Balaban J connectivity index is 2.30. The number of benzene rings is 2. The molecule has 164 valence electrons. The fourth-order valence-electron chi connectivity index (χ4n) is 3.70. The number of amidine groups is 1. The van der Waals surface area contributed by atoms with Crippen LogP contribution in [-0.4, -0.2) is 34.3 Å². The van der Waals surface area contributed by atoms with Gasteiger partial charge in [-0.15, -0.1) is 0 Å². The second-order valence-electron chi connectivity index (χ2n) is 8.70. The molecule has 0 saturated heterocycles. The van der Waals surface area contributed by atoms with E-state index in [2.05, 4.69) is 23.2 Å². The van der Waals surface area contributed by atoms with E-state index in [0.29, 0.717) is 17.8 Å². The van der Waals surface area contributed by atoms with Crippen LogP contribution in [0.5, 0.6) is 0 Å². The molecule has 0 bridgehead atoms. The number of aryl methyl sites for hydroxylation is 2. The first kappa shape index (κ1) is 22.4. The van der Waals surface area contributed by atoms with E-state index in [-0.39, 0.29) is 5.84 Å². The van der Waals surface area contributed by atoms with E-state index in [9.17, 15) is 10.0 Å². The quantitative estimate of drug-likeness (QED) is 0.253. The third-order valence-electron chi connectivity index (χ3n) is 4.88.